The summed E-state index contributed by atoms with van der Waals surface area (Å²) in [7, 11) is 0. The number of aliphatic carboxylic acids is 1. The van der Waals surface area contributed by atoms with Gasteiger partial charge >= 0.3 is 5.97 Å². The van der Waals surface area contributed by atoms with Gasteiger partial charge in [-0.25, -0.2) is 0 Å². The van der Waals surface area contributed by atoms with Crippen molar-refractivity contribution in [3.63, 3.8) is 0 Å². The van der Waals surface area contributed by atoms with Gasteiger partial charge in [-0.15, -0.1) is 0 Å². The molecule has 0 bridgehead atoms. The van der Waals surface area contributed by atoms with E-state index in [0.717, 1.165) is 11.1 Å². The normalized spacial score (nSPS) is 16.8. The van der Waals surface area contributed by atoms with Gasteiger partial charge in [-0.3, -0.25) is 4.79 Å². The van der Waals surface area contributed by atoms with Gasteiger partial charge in [-0.05, 0) is 5.56 Å². The second kappa shape index (κ2) is 4.42. The average molecular weight is 208 g/mol. The van der Waals surface area contributed by atoms with Crippen molar-refractivity contribution in [2.75, 3.05) is 13.2 Å². The zero-order chi connectivity index (χ0) is 10.7. The Labute approximate surface area is 87.4 Å². The summed E-state index contributed by atoms with van der Waals surface area (Å²) in [6.07, 6.45) is -0.306. The molecule has 0 aliphatic carbocycles. The molecule has 1 aromatic carbocycles. The Morgan fingerprint density at radius 1 is 1.40 bits per heavy atom. The number of carbonyl (C=O) groups is 1. The van der Waals surface area contributed by atoms with Crippen molar-refractivity contribution in [1.82, 2.24) is 0 Å². The molecule has 1 N–H and O–H groups in total. The van der Waals surface area contributed by atoms with Gasteiger partial charge in [0, 0.05) is 5.56 Å². The lowest BCUT2D eigenvalue weighted by atomic mass is 10.1. The quantitative estimate of drug-likeness (QED) is 0.814. The maximum Gasteiger partial charge on any atom is 0.307 e. The van der Waals surface area contributed by atoms with E-state index in [4.69, 9.17) is 14.6 Å². The Morgan fingerprint density at radius 3 is 2.80 bits per heavy atom. The van der Waals surface area contributed by atoms with Gasteiger partial charge in [0.05, 0.1) is 19.6 Å². The Kier molecular flexibility index (Phi) is 2.99. The van der Waals surface area contributed by atoms with Crippen LogP contribution < -0.4 is 0 Å². The summed E-state index contributed by atoms with van der Waals surface area (Å²) in [5, 5.41) is 8.66. The van der Waals surface area contributed by atoms with Crippen LogP contribution in [0.3, 0.4) is 0 Å². The number of ether oxygens (including phenoxy) is 2. The first-order valence-corrected chi connectivity index (χ1v) is 4.79. The molecule has 4 heteroatoms. The molecule has 1 aromatic rings. The number of carboxylic acid groups (broad SMARTS) is 1. The van der Waals surface area contributed by atoms with Crippen molar-refractivity contribution in [3.05, 3.63) is 35.4 Å². The third-order valence-electron chi connectivity index (χ3n) is 2.20. The molecular weight excluding hydrogens is 196 g/mol. The number of hydrogen-bond donors (Lipinski definition) is 1. The first-order chi connectivity index (χ1) is 7.25. The van der Waals surface area contributed by atoms with Crippen LogP contribution in [0.5, 0.6) is 0 Å². The van der Waals surface area contributed by atoms with E-state index in [-0.39, 0.29) is 12.7 Å². The van der Waals surface area contributed by atoms with E-state index < -0.39 is 5.97 Å². The number of hydrogen-bond acceptors (Lipinski definition) is 3. The highest BCUT2D eigenvalue weighted by Crippen LogP contribution is 2.23. The molecule has 1 aliphatic heterocycles. The molecule has 1 aliphatic rings. The third kappa shape index (κ3) is 2.55. The van der Waals surface area contributed by atoms with E-state index in [1.807, 2.05) is 18.2 Å². The van der Waals surface area contributed by atoms with Gasteiger partial charge in [0.25, 0.3) is 0 Å². The minimum atomic E-state index is -0.833. The van der Waals surface area contributed by atoms with E-state index in [1.54, 1.807) is 6.07 Å². The molecule has 80 valence electrons. The van der Waals surface area contributed by atoms with Gasteiger partial charge in [0.2, 0.25) is 0 Å². The van der Waals surface area contributed by atoms with Crippen LogP contribution in [0.2, 0.25) is 0 Å². The SMILES string of the molecule is O=C(O)Cc1cccc(C2OCCO2)c1. The van der Waals surface area contributed by atoms with E-state index in [0.29, 0.717) is 13.2 Å². The van der Waals surface area contributed by atoms with Crippen LogP contribution in [-0.2, 0) is 20.7 Å². The number of benzene rings is 1. The molecule has 0 radical (unpaired) electrons. The fraction of sp³-hybridized carbons (Fsp3) is 0.364. The fourth-order valence-electron chi connectivity index (χ4n) is 1.58. The molecule has 1 fully saturated rings. The summed E-state index contributed by atoms with van der Waals surface area (Å²) in [6, 6.07) is 7.29. The van der Waals surface area contributed by atoms with Gasteiger partial charge in [-0.1, -0.05) is 24.3 Å². The fourth-order valence-corrected chi connectivity index (χ4v) is 1.58. The summed E-state index contributed by atoms with van der Waals surface area (Å²) in [4.78, 5) is 10.5. The number of carboxylic acids is 1. The molecule has 0 unspecified atom stereocenters. The van der Waals surface area contributed by atoms with Crippen molar-refractivity contribution < 1.29 is 19.4 Å². The molecule has 0 saturated carbocycles. The zero-order valence-corrected chi connectivity index (χ0v) is 8.18. The van der Waals surface area contributed by atoms with Crippen LogP contribution in [0.25, 0.3) is 0 Å². The summed E-state index contributed by atoms with van der Waals surface area (Å²) in [5.74, 6) is -0.833. The molecule has 0 spiro atoms. The maximum absolute atomic E-state index is 10.5. The smallest absolute Gasteiger partial charge is 0.307 e. The maximum atomic E-state index is 10.5. The van der Waals surface area contributed by atoms with E-state index in [2.05, 4.69) is 0 Å². The molecule has 15 heavy (non-hydrogen) atoms. The molecule has 1 heterocycles. The highest BCUT2D eigenvalue weighted by molar-refractivity contribution is 5.70. The summed E-state index contributed by atoms with van der Waals surface area (Å²) >= 11 is 0. The highest BCUT2D eigenvalue weighted by Gasteiger charge is 2.18. The second-order valence-electron chi connectivity index (χ2n) is 3.39. The van der Waals surface area contributed by atoms with Crippen LogP contribution in [0.4, 0.5) is 0 Å². The lowest BCUT2D eigenvalue weighted by Gasteiger charge is -2.09. The van der Waals surface area contributed by atoms with Crippen LogP contribution in [-0.4, -0.2) is 24.3 Å². The first-order valence-electron chi connectivity index (χ1n) is 4.79. The topological polar surface area (TPSA) is 55.8 Å². The predicted molar refractivity (Wildman–Crippen MR) is 52.4 cm³/mol. The first kappa shape index (κ1) is 10.1. The summed E-state index contributed by atoms with van der Waals surface area (Å²) < 4.78 is 10.7. The van der Waals surface area contributed by atoms with Gasteiger partial charge < -0.3 is 14.6 Å². The number of rotatable bonds is 3. The van der Waals surface area contributed by atoms with Gasteiger partial charge in [-0.2, -0.15) is 0 Å². The monoisotopic (exact) mass is 208 g/mol. The minimum absolute atomic E-state index is 0.0283. The Hall–Kier alpha value is -1.39. The van der Waals surface area contributed by atoms with Crippen molar-refractivity contribution in [1.29, 1.82) is 0 Å². The molecule has 0 atom stereocenters. The largest absolute Gasteiger partial charge is 0.481 e. The highest BCUT2D eigenvalue weighted by atomic mass is 16.7. The van der Waals surface area contributed by atoms with E-state index >= 15 is 0 Å². The average Bonchev–Trinajstić information content (AvgIpc) is 2.69. The van der Waals surface area contributed by atoms with Crippen LogP contribution >= 0.6 is 0 Å². The van der Waals surface area contributed by atoms with Crippen molar-refractivity contribution in [3.8, 4) is 0 Å². The Bertz CT molecular complexity index is 355. The zero-order valence-electron chi connectivity index (χ0n) is 8.18. The molecule has 1 saturated heterocycles. The molecule has 2 rings (SSSR count). The summed E-state index contributed by atoms with van der Waals surface area (Å²) in [5.41, 5.74) is 1.64. The Morgan fingerprint density at radius 2 is 2.13 bits per heavy atom. The summed E-state index contributed by atoms with van der Waals surface area (Å²) in [6.45, 7) is 1.18. The standard InChI is InChI=1S/C11H12O4/c12-10(13)7-8-2-1-3-9(6-8)11-14-4-5-15-11/h1-3,6,11H,4-5,7H2,(H,12,13). The van der Waals surface area contributed by atoms with Crippen LogP contribution in [0, 0.1) is 0 Å². The molecular formula is C11H12O4. The minimum Gasteiger partial charge on any atom is -0.481 e. The van der Waals surface area contributed by atoms with Crippen molar-refractivity contribution >= 4 is 5.97 Å². The van der Waals surface area contributed by atoms with Gasteiger partial charge in [0.15, 0.2) is 6.29 Å². The van der Waals surface area contributed by atoms with Crippen LogP contribution in [0.1, 0.15) is 17.4 Å². The third-order valence-corrected chi connectivity index (χ3v) is 2.20. The molecule has 4 nitrogen and oxygen atoms in total. The predicted octanol–water partition coefficient (Wildman–Crippen LogP) is 1.36. The molecule has 0 amide bonds. The lowest BCUT2D eigenvalue weighted by molar-refractivity contribution is -0.136. The second-order valence-corrected chi connectivity index (χ2v) is 3.39. The Balaban J connectivity index is 2.14. The molecule has 0 aromatic heterocycles. The van der Waals surface area contributed by atoms with Crippen molar-refractivity contribution in [2.24, 2.45) is 0 Å². The van der Waals surface area contributed by atoms with E-state index in [1.165, 1.54) is 0 Å². The van der Waals surface area contributed by atoms with Gasteiger partial charge in [0.1, 0.15) is 0 Å². The van der Waals surface area contributed by atoms with E-state index in [9.17, 15) is 4.79 Å². The van der Waals surface area contributed by atoms with Crippen molar-refractivity contribution in [2.45, 2.75) is 12.7 Å². The van der Waals surface area contributed by atoms with Crippen LogP contribution in [0.15, 0.2) is 24.3 Å². The lowest BCUT2D eigenvalue weighted by Crippen LogP contribution is -2.03.